The third-order valence-corrected chi connectivity index (χ3v) is 3.76. The molecule has 12 heteroatoms. The zero-order valence-corrected chi connectivity index (χ0v) is 11.6. The highest BCUT2D eigenvalue weighted by Crippen LogP contribution is 2.46. The molecule has 21 heavy (non-hydrogen) atoms. The third kappa shape index (κ3) is 2.96. The van der Waals surface area contributed by atoms with E-state index in [9.17, 15) is 4.57 Å². The predicted molar refractivity (Wildman–Crippen MR) is 70.8 cm³/mol. The number of nitrogen functional groups attached to an aromatic ring is 2. The third-order valence-electron chi connectivity index (χ3n) is 2.80. The molecule has 0 spiro atoms. The lowest BCUT2D eigenvalue weighted by molar-refractivity contribution is -0.0720. The number of phosphoric acid groups is 1. The lowest BCUT2D eigenvalue weighted by Crippen LogP contribution is -2.30. The fourth-order valence-electron chi connectivity index (χ4n) is 1.80. The van der Waals surface area contributed by atoms with Crippen LogP contribution in [0.4, 0.5) is 11.8 Å². The van der Waals surface area contributed by atoms with Gasteiger partial charge in [0.05, 0.1) is 19.5 Å². The molecule has 0 aliphatic carbocycles. The smallest absolute Gasteiger partial charge is 0.382 e. The topological polar surface area (TPSA) is 161 Å². The number of aromatic nitrogens is 4. The number of anilines is 2. The number of rotatable bonds is 3. The summed E-state index contributed by atoms with van der Waals surface area (Å²) in [6.45, 7) is -0.00114. The van der Waals surface area contributed by atoms with Crippen LogP contribution in [-0.4, -0.2) is 43.7 Å². The largest absolute Gasteiger partial charge is 0.472 e. The normalized spacial score (nSPS) is 26.2. The van der Waals surface area contributed by atoms with Crippen molar-refractivity contribution in [3.63, 3.8) is 0 Å². The van der Waals surface area contributed by atoms with Gasteiger partial charge in [0.15, 0.2) is 11.5 Å². The molecule has 5 N–H and O–H groups in total. The van der Waals surface area contributed by atoms with Crippen molar-refractivity contribution in [1.82, 2.24) is 19.5 Å². The van der Waals surface area contributed by atoms with E-state index in [0.717, 1.165) is 0 Å². The van der Waals surface area contributed by atoms with E-state index in [1.807, 2.05) is 0 Å². The molecule has 1 saturated heterocycles. The quantitative estimate of drug-likeness (QED) is 0.628. The van der Waals surface area contributed by atoms with Crippen molar-refractivity contribution < 1.29 is 23.2 Å². The van der Waals surface area contributed by atoms with Crippen molar-refractivity contribution in [2.24, 2.45) is 0 Å². The Hall–Kier alpha value is -1.78. The van der Waals surface area contributed by atoms with Gasteiger partial charge in [-0.15, -0.1) is 0 Å². The predicted octanol–water partition coefficient (Wildman–Crippen LogP) is -0.519. The Balaban J connectivity index is 1.70. The number of hydrogen-bond donors (Lipinski definition) is 3. The second kappa shape index (κ2) is 5.20. The van der Waals surface area contributed by atoms with Crippen LogP contribution in [0.5, 0.6) is 0 Å². The monoisotopic (exact) mass is 316 g/mol. The Bertz CT molecular complexity index is 708. The summed E-state index contributed by atoms with van der Waals surface area (Å²) in [6.07, 6.45) is 1.00. The van der Waals surface area contributed by atoms with Gasteiger partial charge >= 0.3 is 7.82 Å². The molecule has 1 aliphatic heterocycles. The molecule has 0 amide bonds. The number of hydrogen-bond acceptors (Lipinski definition) is 9. The SMILES string of the molecule is Nc1nc(N)c2ncn(COC3COP(=O)(O)OC3)c2n1. The van der Waals surface area contributed by atoms with Crippen molar-refractivity contribution >= 4 is 30.8 Å². The first-order chi connectivity index (χ1) is 9.94. The zero-order valence-electron chi connectivity index (χ0n) is 10.7. The lowest BCUT2D eigenvalue weighted by atomic mass is 10.4. The van der Waals surface area contributed by atoms with Crippen LogP contribution in [0.3, 0.4) is 0 Å². The van der Waals surface area contributed by atoms with Crippen LogP contribution in [0.15, 0.2) is 6.33 Å². The van der Waals surface area contributed by atoms with E-state index < -0.39 is 13.9 Å². The molecule has 1 aliphatic rings. The van der Waals surface area contributed by atoms with E-state index in [4.69, 9.17) is 21.1 Å². The van der Waals surface area contributed by atoms with Crippen LogP contribution in [-0.2, 0) is 25.1 Å². The van der Waals surface area contributed by atoms with Crippen LogP contribution in [0.25, 0.3) is 11.2 Å². The molecule has 3 heterocycles. The average Bonchev–Trinajstić information content (AvgIpc) is 2.81. The van der Waals surface area contributed by atoms with E-state index in [2.05, 4.69) is 24.0 Å². The summed E-state index contributed by atoms with van der Waals surface area (Å²) >= 11 is 0. The summed E-state index contributed by atoms with van der Waals surface area (Å²) in [7, 11) is -3.91. The molecule has 0 radical (unpaired) electrons. The highest BCUT2D eigenvalue weighted by Gasteiger charge is 2.31. The van der Waals surface area contributed by atoms with Crippen molar-refractivity contribution in [1.29, 1.82) is 0 Å². The van der Waals surface area contributed by atoms with E-state index in [-0.39, 0.29) is 31.7 Å². The fourth-order valence-corrected chi connectivity index (χ4v) is 2.58. The van der Waals surface area contributed by atoms with E-state index >= 15 is 0 Å². The Morgan fingerprint density at radius 1 is 1.43 bits per heavy atom. The Labute approximate surface area is 118 Å². The van der Waals surface area contributed by atoms with Crippen LogP contribution >= 0.6 is 7.82 Å². The molecule has 0 aromatic carbocycles. The molecule has 3 rings (SSSR count). The van der Waals surface area contributed by atoms with Crippen molar-refractivity contribution in [3.05, 3.63) is 6.33 Å². The molecule has 2 aromatic heterocycles. The highest BCUT2D eigenvalue weighted by atomic mass is 31.2. The average molecular weight is 316 g/mol. The number of phosphoric ester groups is 1. The van der Waals surface area contributed by atoms with Gasteiger partial charge in [-0.25, -0.2) is 9.55 Å². The number of ether oxygens (including phenoxy) is 1. The highest BCUT2D eigenvalue weighted by molar-refractivity contribution is 7.47. The van der Waals surface area contributed by atoms with Crippen LogP contribution in [0.1, 0.15) is 0 Å². The molecular weight excluding hydrogens is 303 g/mol. The molecule has 0 unspecified atom stereocenters. The zero-order chi connectivity index (χ0) is 15.0. The van der Waals surface area contributed by atoms with Gasteiger partial charge in [-0.1, -0.05) is 0 Å². The minimum Gasteiger partial charge on any atom is -0.382 e. The molecule has 0 saturated carbocycles. The second-order valence-electron chi connectivity index (χ2n) is 4.33. The van der Waals surface area contributed by atoms with Gasteiger partial charge in [0.25, 0.3) is 0 Å². The molecular formula is C9H13N6O5P. The second-order valence-corrected chi connectivity index (χ2v) is 5.78. The van der Waals surface area contributed by atoms with Gasteiger partial charge in [-0.3, -0.25) is 13.6 Å². The maximum absolute atomic E-state index is 11.1. The van der Waals surface area contributed by atoms with Crippen LogP contribution < -0.4 is 11.5 Å². The summed E-state index contributed by atoms with van der Waals surface area (Å²) < 4.78 is 27.4. The molecule has 2 aromatic rings. The lowest BCUT2D eigenvalue weighted by Gasteiger charge is -2.25. The Morgan fingerprint density at radius 3 is 2.86 bits per heavy atom. The van der Waals surface area contributed by atoms with Gasteiger partial charge in [0, 0.05) is 0 Å². The van der Waals surface area contributed by atoms with Crippen LogP contribution in [0.2, 0.25) is 0 Å². The van der Waals surface area contributed by atoms with Gasteiger partial charge in [0.2, 0.25) is 5.95 Å². The fraction of sp³-hybridized carbons (Fsp3) is 0.444. The first-order valence-electron chi connectivity index (χ1n) is 5.92. The van der Waals surface area contributed by atoms with Gasteiger partial charge in [-0.2, -0.15) is 9.97 Å². The standard InChI is InChI=1S/C9H13N6O5P/c10-7-6-8(14-9(11)13-7)15(3-12-6)4-18-5-1-19-21(16,17)20-2-5/h3,5H,1-2,4H2,(H,16,17)(H4,10,11,13,14). The molecule has 1 fully saturated rings. The number of nitrogens with zero attached hydrogens (tertiary/aromatic N) is 4. The summed E-state index contributed by atoms with van der Waals surface area (Å²) in [5, 5.41) is 0. The first-order valence-corrected chi connectivity index (χ1v) is 7.41. The minimum atomic E-state index is -3.91. The van der Waals surface area contributed by atoms with Crippen molar-refractivity contribution in [2.45, 2.75) is 12.8 Å². The van der Waals surface area contributed by atoms with Crippen molar-refractivity contribution in [3.8, 4) is 0 Å². The summed E-state index contributed by atoms with van der Waals surface area (Å²) in [6, 6.07) is 0. The van der Waals surface area contributed by atoms with E-state index in [1.54, 1.807) is 4.57 Å². The minimum absolute atomic E-state index is 0.0345. The molecule has 11 nitrogen and oxygen atoms in total. The Kier molecular flexibility index (Phi) is 3.51. The number of nitrogens with two attached hydrogens (primary N) is 2. The molecule has 0 atom stereocenters. The van der Waals surface area contributed by atoms with Crippen LogP contribution in [0, 0.1) is 0 Å². The van der Waals surface area contributed by atoms with Crippen molar-refractivity contribution in [2.75, 3.05) is 24.7 Å². The summed E-state index contributed by atoms with van der Waals surface area (Å²) in [5.41, 5.74) is 12.1. The van der Waals surface area contributed by atoms with Gasteiger partial charge in [-0.05, 0) is 0 Å². The van der Waals surface area contributed by atoms with E-state index in [0.29, 0.717) is 11.2 Å². The summed E-state index contributed by atoms with van der Waals surface area (Å²) in [4.78, 5) is 21.0. The Morgan fingerprint density at radius 2 is 2.14 bits per heavy atom. The maximum atomic E-state index is 11.1. The van der Waals surface area contributed by atoms with Gasteiger partial charge in [0.1, 0.15) is 18.4 Å². The molecule has 0 bridgehead atoms. The van der Waals surface area contributed by atoms with Gasteiger partial charge < -0.3 is 21.1 Å². The molecule has 114 valence electrons. The maximum Gasteiger partial charge on any atom is 0.472 e. The first kappa shape index (κ1) is 14.2. The number of fused-ring (bicyclic) bond motifs is 1. The van der Waals surface area contributed by atoms with E-state index in [1.165, 1.54) is 6.33 Å². The summed E-state index contributed by atoms with van der Waals surface area (Å²) in [5.74, 6) is 0.217. The number of imidazole rings is 1.